The van der Waals surface area contributed by atoms with Crippen LogP contribution >= 0.6 is 0 Å². The number of nitrogens with zero attached hydrogens (tertiary/aromatic N) is 1. The Morgan fingerprint density at radius 1 is 1.38 bits per heavy atom. The predicted octanol–water partition coefficient (Wildman–Crippen LogP) is 1.49. The van der Waals surface area contributed by atoms with Crippen LogP contribution in [0.25, 0.3) is 0 Å². The fourth-order valence-electron chi connectivity index (χ4n) is 2.37. The van der Waals surface area contributed by atoms with Gasteiger partial charge in [0.15, 0.2) is 0 Å². The molecule has 2 rings (SSSR count). The van der Waals surface area contributed by atoms with Gasteiger partial charge in [-0.1, -0.05) is 13.8 Å². The molecule has 1 N–H and O–H groups in total. The zero-order valence-electron chi connectivity index (χ0n) is 10.5. The first kappa shape index (κ1) is 11.9. The summed E-state index contributed by atoms with van der Waals surface area (Å²) in [6, 6.07) is 0. The zero-order chi connectivity index (χ0) is 11.5. The monoisotopic (exact) mass is 224 g/mol. The van der Waals surface area contributed by atoms with E-state index in [0.717, 1.165) is 25.6 Å². The van der Waals surface area contributed by atoms with E-state index in [0.29, 0.717) is 24.3 Å². The molecule has 1 amide bonds. The van der Waals surface area contributed by atoms with Crippen molar-refractivity contribution < 1.29 is 4.79 Å². The SMILES string of the molecule is CC(C)C1CCN(C(=O)CNCC2CC2)C1. The predicted molar refractivity (Wildman–Crippen MR) is 65.1 cm³/mol. The van der Waals surface area contributed by atoms with Crippen molar-refractivity contribution in [2.75, 3.05) is 26.2 Å². The summed E-state index contributed by atoms with van der Waals surface area (Å²) in [4.78, 5) is 13.9. The Morgan fingerprint density at radius 3 is 2.69 bits per heavy atom. The molecule has 1 unspecified atom stereocenters. The first-order chi connectivity index (χ1) is 7.66. The standard InChI is InChI=1S/C13H24N2O/c1-10(2)12-5-6-15(9-12)13(16)8-14-7-11-3-4-11/h10-12,14H,3-9H2,1-2H3. The molecule has 0 spiro atoms. The minimum absolute atomic E-state index is 0.295. The highest BCUT2D eigenvalue weighted by atomic mass is 16.2. The average molecular weight is 224 g/mol. The fourth-order valence-corrected chi connectivity index (χ4v) is 2.37. The van der Waals surface area contributed by atoms with Crippen molar-refractivity contribution in [2.24, 2.45) is 17.8 Å². The third-order valence-corrected chi connectivity index (χ3v) is 3.93. The Morgan fingerprint density at radius 2 is 2.12 bits per heavy atom. The normalized spacial score (nSPS) is 25.4. The quantitative estimate of drug-likeness (QED) is 0.767. The Balaban J connectivity index is 1.65. The number of carbonyl (C=O) groups excluding carboxylic acids is 1. The van der Waals surface area contributed by atoms with E-state index in [-0.39, 0.29) is 0 Å². The van der Waals surface area contributed by atoms with Crippen LogP contribution in [-0.2, 0) is 4.79 Å². The summed E-state index contributed by atoms with van der Waals surface area (Å²) in [5, 5.41) is 3.28. The summed E-state index contributed by atoms with van der Waals surface area (Å²) in [6.07, 6.45) is 3.88. The number of likely N-dealkylation sites (tertiary alicyclic amines) is 1. The van der Waals surface area contributed by atoms with E-state index in [1.807, 2.05) is 4.90 Å². The fraction of sp³-hybridized carbons (Fsp3) is 0.923. The highest BCUT2D eigenvalue weighted by Gasteiger charge is 2.28. The lowest BCUT2D eigenvalue weighted by Crippen LogP contribution is -2.37. The van der Waals surface area contributed by atoms with Gasteiger partial charge in [0.05, 0.1) is 6.54 Å². The summed E-state index contributed by atoms with van der Waals surface area (Å²) in [5.41, 5.74) is 0. The average Bonchev–Trinajstić information content (AvgIpc) is 2.93. The summed E-state index contributed by atoms with van der Waals surface area (Å²) >= 11 is 0. The van der Waals surface area contributed by atoms with Gasteiger partial charge >= 0.3 is 0 Å². The van der Waals surface area contributed by atoms with E-state index in [2.05, 4.69) is 19.2 Å². The van der Waals surface area contributed by atoms with Gasteiger partial charge in [0.25, 0.3) is 0 Å². The number of nitrogens with one attached hydrogen (secondary N) is 1. The molecular weight excluding hydrogens is 200 g/mol. The van der Waals surface area contributed by atoms with Gasteiger partial charge < -0.3 is 10.2 Å². The second-order valence-corrected chi connectivity index (χ2v) is 5.71. The van der Waals surface area contributed by atoms with Crippen molar-refractivity contribution in [3.05, 3.63) is 0 Å². The third-order valence-electron chi connectivity index (χ3n) is 3.93. The van der Waals surface area contributed by atoms with E-state index in [9.17, 15) is 4.79 Å². The second-order valence-electron chi connectivity index (χ2n) is 5.71. The maximum atomic E-state index is 11.9. The van der Waals surface area contributed by atoms with Gasteiger partial charge in [-0.25, -0.2) is 0 Å². The zero-order valence-corrected chi connectivity index (χ0v) is 10.5. The Labute approximate surface area is 98.6 Å². The van der Waals surface area contributed by atoms with Crippen molar-refractivity contribution >= 4 is 5.91 Å². The van der Waals surface area contributed by atoms with E-state index >= 15 is 0 Å². The molecule has 1 atom stereocenters. The molecule has 2 fully saturated rings. The summed E-state index contributed by atoms with van der Waals surface area (Å²) in [6.45, 7) is 8.02. The highest BCUT2D eigenvalue weighted by molar-refractivity contribution is 5.78. The van der Waals surface area contributed by atoms with E-state index in [1.54, 1.807) is 0 Å². The van der Waals surface area contributed by atoms with Gasteiger partial charge in [-0.2, -0.15) is 0 Å². The van der Waals surface area contributed by atoms with Crippen molar-refractivity contribution in [2.45, 2.75) is 33.1 Å². The van der Waals surface area contributed by atoms with Crippen molar-refractivity contribution in [1.82, 2.24) is 10.2 Å². The maximum Gasteiger partial charge on any atom is 0.236 e. The van der Waals surface area contributed by atoms with Crippen LogP contribution in [0.2, 0.25) is 0 Å². The molecule has 1 aliphatic carbocycles. The molecule has 92 valence electrons. The van der Waals surface area contributed by atoms with Crippen LogP contribution in [0.4, 0.5) is 0 Å². The Hall–Kier alpha value is -0.570. The number of hydrogen-bond acceptors (Lipinski definition) is 2. The first-order valence-electron chi connectivity index (χ1n) is 6.65. The maximum absolute atomic E-state index is 11.9. The van der Waals surface area contributed by atoms with Gasteiger partial charge in [-0.3, -0.25) is 4.79 Å². The minimum Gasteiger partial charge on any atom is -0.341 e. The summed E-state index contributed by atoms with van der Waals surface area (Å²) in [5.74, 6) is 2.57. The van der Waals surface area contributed by atoms with Crippen LogP contribution in [0, 0.1) is 17.8 Å². The molecule has 0 radical (unpaired) electrons. The van der Waals surface area contributed by atoms with Gasteiger partial charge in [0, 0.05) is 13.1 Å². The van der Waals surface area contributed by atoms with Crippen LogP contribution in [-0.4, -0.2) is 37.0 Å². The topological polar surface area (TPSA) is 32.3 Å². The molecule has 1 heterocycles. The Bertz CT molecular complexity index is 248. The van der Waals surface area contributed by atoms with Crippen LogP contribution in [0.5, 0.6) is 0 Å². The largest absolute Gasteiger partial charge is 0.341 e. The molecular formula is C13H24N2O. The van der Waals surface area contributed by atoms with Gasteiger partial charge in [0.1, 0.15) is 0 Å². The lowest BCUT2D eigenvalue weighted by molar-refractivity contribution is -0.129. The summed E-state index contributed by atoms with van der Waals surface area (Å²) in [7, 11) is 0. The van der Waals surface area contributed by atoms with Crippen molar-refractivity contribution in [3.63, 3.8) is 0 Å². The molecule has 0 bridgehead atoms. The van der Waals surface area contributed by atoms with Gasteiger partial charge in [-0.15, -0.1) is 0 Å². The van der Waals surface area contributed by atoms with Crippen LogP contribution in [0.15, 0.2) is 0 Å². The van der Waals surface area contributed by atoms with Crippen LogP contribution in [0.1, 0.15) is 33.1 Å². The smallest absolute Gasteiger partial charge is 0.236 e. The number of rotatable bonds is 5. The third kappa shape index (κ3) is 3.21. The number of carbonyl (C=O) groups is 1. The van der Waals surface area contributed by atoms with Crippen LogP contribution in [0.3, 0.4) is 0 Å². The van der Waals surface area contributed by atoms with E-state index in [1.165, 1.54) is 19.3 Å². The highest BCUT2D eigenvalue weighted by Crippen LogP contribution is 2.27. The lowest BCUT2D eigenvalue weighted by Gasteiger charge is -2.18. The number of hydrogen-bond donors (Lipinski definition) is 1. The molecule has 3 nitrogen and oxygen atoms in total. The molecule has 16 heavy (non-hydrogen) atoms. The van der Waals surface area contributed by atoms with E-state index < -0.39 is 0 Å². The molecule has 1 saturated heterocycles. The summed E-state index contributed by atoms with van der Waals surface area (Å²) < 4.78 is 0. The molecule has 0 aromatic heterocycles. The molecule has 3 heteroatoms. The molecule has 0 aromatic carbocycles. The lowest BCUT2D eigenvalue weighted by atomic mass is 9.95. The molecule has 0 aromatic rings. The van der Waals surface area contributed by atoms with Gasteiger partial charge in [-0.05, 0) is 43.6 Å². The van der Waals surface area contributed by atoms with Crippen molar-refractivity contribution in [3.8, 4) is 0 Å². The second kappa shape index (κ2) is 5.17. The number of amides is 1. The molecule has 1 saturated carbocycles. The molecule has 1 aliphatic heterocycles. The van der Waals surface area contributed by atoms with Crippen molar-refractivity contribution in [1.29, 1.82) is 0 Å². The molecule has 2 aliphatic rings. The van der Waals surface area contributed by atoms with E-state index in [4.69, 9.17) is 0 Å². The minimum atomic E-state index is 0.295. The first-order valence-corrected chi connectivity index (χ1v) is 6.65. The van der Waals surface area contributed by atoms with Crippen LogP contribution < -0.4 is 5.32 Å². The van der Waals surface area contributed by atoms with Gasteiger partial charge in [0.2, 0.25) is 5.91 Å². The Kier molecular flexibility index (Phi) is 3.85.